The molecule has 0 amide bonds. The summed E-state index contributed by atoms with van der Waals surface area (Å²) in [5.41, 5.74) is -0.462. The highest BCUT2D eigenvalue weighted by Crippen LogP contribution is 2.18. The van der Waals surface area contributed by atoms with E-state index in [1.165, 1.54) is 12.1 Å². The van der Waals surface area contributed by atoms with Gasteiger partial charge in [-0.05, 0) is 26.8 Å². The summed E-state index contributed by atoms with van der Waals surface area (Å²) in [5, 5.41) is 12.5. The lowest BCUT2D eigenvalue weighted by Crippen LogP contribution is -2.36. The monoisotopic (exact) mass is 229 g/mol. The van der Waals surface area contributed by atoms with E-state index in [4.69, 9.17) is 0 Å². The lowest BCUT2D eigenvalue weighted by atomic mass is 10.1. The Kier molecular flexibility index (Phi) is 3.99. The molecule has 0 saturated carbocycles. The molecule has 1 unspecified atom stereocenters. The molecule has 1 rings (SSSR count). The van der Waals surface area contributed by atoms with Crippen molar-refractivity contribution in [2.24, 2.45) is 0 Å². The van der Waals surface area contributed by atoms with Crippen LogP contribution in [0.1, 0.15) is 32.4 Å². The summed E-state index contributed by atoms with van der Waals surface area (Å²) in [7, 11) is 0. The first-order valence-electron chi connectivity index (χ1n) is 5.20. The minimum atomic E-state index is -0.856. The van der Waals surface area contributed by atoms with Crippen LogP contribution in [0.2, 0.25) is 0 Å². The molecule has 0 spiro atoms. The summed E-state index contributed by atoms with van der Waals surface area (Å²) >= 11 is 0. The molecule has 16 heavy (non-hydrogen) atoms. The summed E-state index contributed by atoms with van der Waals surface area (Å²) in [6, 6.07) is 3.22. The number of benzene rings is 1. The summed E-state index contributed by atoms with van der Waals surface area (Å²) in [6.45, 7) is 5.43. The van der Waals surface area contributed by atoms with Crippen LogP contribution in [-0.2, 0) is 0 Å². The molecule has 90 valence electrons. The van der Waals surface area contributed by atoms with E-state index in [0.717, 1.165) is 6.07 Å². The first-order valence-corrected chi connectivity index (χ1v) is 5.20. The van der Waals surface area contributed by atoms with Crippen LogP contribution >= 0.6 is 0 Å². The van der Waals surface area contributed by atoms with Crippen molar-refractivity contribution in [3.8, 4) is 0 Å². The van der Waals surface area contributed by atoms with Gasteiger partial charge in [-0.25, -0.2) is 8.78 Å². The van der Waals surface area contributed by atoms with E-state index >= 15 is 0 Å². The molecule has 2 nitrogen and oxygen atoms in total. The molecule has 0 fully saturated rings. The number of aliphatic hydroxyl groups is 1. The molecule has 0 radical (unpaired) electrons. The standard InChI is InChI=1S/C12H17F2NO/c1-8(15-7-12(2,3)16)10-5-4-9(13)6-11(10)14/h4-6,8,15-16H,7H2,1-3H3. The largest absolute Gasteiger partial charge is 0.389 e. The third-order valence-electron chi connectivity index (χ3n) is 2.27. The zero-order valence-corrected chi connectivity index (χ0v) is 9.72. The van der Waals surface area contributed by atoms with Crippen molar-refractivity contribution < 1.29 is 13.9 Å². The molecule has 0 aromatic heterocycles. The smallest absolute Gasteiger partial charge is 0.130 e. The topological polar surface area (TPSA) is 32.3 Å². The van der Waals surface area contributed by atoms with E-state index in [0.29, 0.717) is 12.1 Å². The van der Waals surface area contributed by atoms with Gasteiger partial charge in [-0.1, -0.05) is 6.07 Å². The molecule has 0 aliphatic rings. The molecule has 0 heterocycles. The summed E-state index contributed by atoms with van der Waals surface area (Å²) < 4.78 is 26.1. The van der Waals surface area contributed by atoms with E-state index in [1.807, 2.05) is 0 Å². The summed E-state index contributed by atoms with van der Waals surface area (Å²) in [5.74, 6) is -1.16. The molecule has 0 bridgehead atoms. The molecular weight excluding hydrogens is 212 g/mol. The van der Waals surface area contributed by atoms with Crippen molar-refractivity contribution in [1.29, 1.82) is 0 Å². The minimum Gasteiger partial charge on any atom is -0.389 e. The molecule has 0 aliphatic carbocycles. The second-order valence-electron chi connectivity index (χ2n) is 4.58. The van der Waals surface area contributed by atoms with Gasteiger partial charge in [0.1, 0.15) is 11.6 Å². The average molecular weight is 229 g/mol. The van der Waals surface area contributed by atoms with Gasteiger partial charge in [0.2, 0.25) is 0 Å². The van der Waals surface area contributed by atoms with Crippen LogP contribution in [0, 0.1) is 11.6 Å². The van der Waals surface area contributed by atoms with Gasteiger partial charge in [0.25, 0.3) is 0 Å². The van der Waals surface area contributed by atoms with E-state index in [9.17, 15) is 13.9 Å². The second kappa shape index (κ2) is 4.89. The number of nitrogens with one attached hydrogen (secondary N) is 1. The zero-order valence-electron chi connectivity index (χ0n) is 9.72. The van der Waals surface area contributed by atoms with Gasteiger partial charge in [-0.3, -0.25) is 0 Å². The maximum Gasteiger partial charge on any atom is 0.130 e. The van der Waals surface area contributed by atoms with Crippen LogP contribution < -0.4 is 5.32 Å². The highest BCUT2D eigenvalue weighted by Gasteiger charge is 2.16. The van der Waals surface area contributed by atoms with Crippen molar-refractivity contribution in [3.05, 3.63) is 35.4 Å². The number of hydrogen-bond acceptors (Lipinski definition) is 2. The van der Waals surface area contributed by atoms with Gasteiger partial charge < -0.3 is 10.4 Å². The lowest BCUT2D eigenvalue weighted by Gasteiger charge is -2.22. The van der Waals surface area contributed by atoms with Crippen molar-refractivity contribution >= 4 is 0 Å². The first kappa shape index (κ1) is 13.1. The van der Waals surface area contributed by atoms with Crippen LogP contribution in [0.15, 0.2) is 18.2 Å². The van der Waals surface area contributed by atoms with Gasteiger partial charge in [0.05, 0.1) is 5.60 Å². The lowest BCUT2D eigenvalue weighted by molar-refractivity contribution is 0.0769. The second-order valence-corrected chi connectivity index (χ2v) is 4.58. The van der Waals surface area contributed by atoms with Gasteiger partial charge >= 0.3 is 0 Å². The van der Waals surface area contributed by atoms with Crippen LogP contribution in [0.25, 0.3) is 0 Å². The normalized spacial score (nSPS) is 13.9. The predicted molar refractivity (Wildman–Crippen MR) is 59.1 cm³/mol. The maximum absolute atomic E-state index is 13.4. The van der Waals surface area contributed by atoms with E-state index in [1.54, 1.807) is 20.8 Å². The fourth-order valence-electron chi connectivity index (χ4n) is 1.37. The Bertz CT molecular complexity index is 361. The summed E-state index contributed by atoms with van der Waals surface area (Å²) in [4.78, 5) is 0. The first-order chi connectivity index (χ1) is 7.29. The van der Waals surface area contributed by atoms with Gasteiger partial charge in [0, 0.05) is 24.2 Å². The summed E-state index contributed by atoms with van der Waals surface area (Å²) in [6.07, 6.45) is 0. The average Bonchev–Trinajstić information content (AvgIpc) is 2.13. The highest BCUT2D eigenvalue weighted by molar-refractivity contribution is 5.21. The van der Waals surface area contributed by atoms with Crippen molar-refractivity contribution in [3.63, 3.8) is 0 Å². The molecule has 2 N–H and O–H groups in total. The van der Waals surface area contributed by atoms with Crippen molar-refractivity contribution in [2.75, 3.05) is 6.54 Å². The third kappa shape index (κ3) is 3.87. The molecule has 1 aromatic carbocycles. The SMILES string of the molecule is CC(NCC(C)(C)O)c1ccc(F)cc1F. The Morgan fingerprint density at radius 1 is 1.38 bits per heavy atom. The molecule has 4 heteroatoms. The minimum absolute atomic E-state index is 0.271. The van der Waals surface area contributed by atoms with Crippen LogP contribution in [0.4, 0.5) is 8.78 Å². The van der Waals surface area contributed by atoms with E-state index < -0.39 is 17.2 Å². The number of hydrogen-bond donors (Lipinski definition) is 2. The Balaban J connectivity index is 2.70. The predicted octanol–water partition coefficient (Wildman–Crippen LogP) is 2.39. The molecule has 1 atom stereocenters. The molecule has 1 aromatic rings. The van der Waals surface area contributed by atoms with E-state index in [-0.39, 0.29) is 6.04 Å². The van der Waals surface area contributed by atoms with Crippen molar-refractivity contribution in [1.82, 2.24) is 5.32 Å². The van der Waals surface area contributed by atoms with Crippen molar-refractivity contribution in [2.45, 2.75) is 32.4 Å². The van der Waals surface area contributed by atoms with Crippen LogP contribution in [0.5, 0.6) is 0 Å². The highest BCUT2D eigenvalue weighted by atomic mass is 19.1. The quantitative estimate of drug-likeness (QED) is 0.830. The zero-order chi connectivity index (χ0) is 12.3. The molecular formula is C12H17F2NO. The Hall–Kier alpha value is -1.00. The Labute approximate surface area is 94.3 Å². The van der Waals surface area contributed by atoms with Crippen LogP contribution in [0.3, 0.4) is 0 Å². The van der Waals surface area contributed by atoms with Gasteiger partial charge in [-0.2, -0.15) is 0 Å². The molecule has 0 saturated heterocycles. The van der Waals surface area contributed by atoms with Gasteiger partial charge in [0.15, 0.2) is 0 Å². The molecule has 0 aliphatic heterocycles. The fourth-order valence-corrected chi connectivity index (χ4v) is 1.37. The van der Waals surface area contributed by atoms with E-state index in [2.05, 4.69) is 5.32 Å². The fraction of sp³-hybridized carbons (Fsp3) is 0.500. The Morgan fingerprint density at radius 2 is 2.00 bits per heavy atom. The van der Waals surface area contributed by atoms with Gasteiger partial charge in [-0.15, -0.1) is 0 Å². The Morgan fingerprint density at radius 3 is 2.50 bits per heavy atom. The number of halogens is 2. The number of rotatable bonds is 4. The third-order valence-corrected chi connectivity index (χ3v) is 2.27. The van der Waals surface area contributed by atoms with Crippen LogP contribution in [-0.4, -0.2) is 17.3 Å². The maximum atomic E-state index is 13.4.